The molecule has 0 amide bonds. The van der Waals surface area contributed by atoms with Gasteiger partial charge in [0.2, 0.25) is 0 Å². The molecule has 0 aliphatic carbocycles. The van der Waals surface area contributed by atoms with E-state index in [-0.39, 0.29) is 0 Å². The largest absolute Gasteiger partial charge is 0.521 e. The molecular formula is C48H40N4Si. The molecule has 0 unspecified atom stereocenters. The first-order valence-electron chi connectivity index (χ1n) is 18.4. The lowest BCUT2D eigenvalue weighted by molar-refractivity contribution is 1.17. The molecule has 0 saturated carbocycles. The van der Waals surface area contributed by atoms with Crippen LogP contribution >= 0.6 is 0 Å². The molecule has 2 aliphatic rings. The van der Waals surface area contributed by atoms with Crippen molar-refractivity contribution >= 4 is 75.8 Å². The Bertz CT molecular complexity index is 2290. The zero-order valence-corrected chi connectivity index (χ0v) is 31.5. The van der Waals surface area contributed by atoms with Gasteiger partial charge in [0.25, 0.3) is 0 Å². The smallest absolute Gasteiger partial charge is 0.314 e. The highest BCUT2D eigenvalue weighted by Gasteiger charge is 2.70. The number of hydrogen-bond donors (Lipinski definition) is 0. The summed E-state index contributed by atoms with van der Waals surface area (Å²) in [6.45, 7) is 8.70. The average Bonchev–Trinajstić information content (AvgIpc) is 3.61. The lowest BCUT2D eigenvalue weighted by Crippen LogP contribution is -2.76. The van der Waals surface area contributed by atoms with Gasteiger partial charge in [0, 0.05) is 22.7 Å². The zero-order valence-electron chi connectivity index (χ0n) is 30.5. The summed E-state index contributed by atoms with van der Waals surface area (Å²) in [5, 5.41) is 4.90. The third kappa shape index (κ3) is 4.74. The Morgan fingerprint density at radius 1 is 0.283 bits per heavy atom. The van der Waals surface area contributed by atoms with Crippen molar-refractivity contribution in [3.05, 3.63) is 192 Å². The Morgan fingerprint density at radius 2 is 0.491 bits per heavy atom. The van der Waals surface area contributed by atoms with Crippen LogP contribution in [0.1, 0.15) is 22.3 Å². The van der Waals surface area contributed by atoms with E-state index in [1.807, 2.05) is 0 Å². The number of hydrogen-bond acceptors (Lipinski definition) is 4. The zero-order chi connectivity index (χ0) is 35.8. The molecular weight excluding hydrogens is 661 g/mol. The van der Waals surface area contributed by atoms with Crippen LogP contribution in [0.4, 0.5) is 45.5 Å². The second kappa shape index (κ2) is 11.9. The van der Waals surface area contributed by atoms with E-state index in [1.54, 1.807) is 0 Å². The molecule has 0 N–H and O–H groups in total. The highest BCUT2D eigenvalue weighted by Crippen LogP contribution is 2.63. The normalized spacial score (nSPS) is 14.4. The summed E-state index contributed by atoms with van der Waals surface area (Å²) in [5.41, 5.74) is 14.4. The summed E-state index contributed by atoms with van der Waals surface area (Å²) >= 11 is 0. The predicted octanol–water partition coefficient (Wildman–Crippen LogP) is 12.9. The summed E-state index contributed by atoms with van der Waals surface area (Å²) in [6.07, 6.45) is 0. The van der Waals surface area contributed by atoms with Gasteiger partial charge in [0.15, 0.2) is 0 Å². The molecule has 0 bridgehead atoms. The molecule has 2 heterocycles. The van der Waals surface area contributed by atoms with E-state index in [4.69, 9.17) is 0 Å². The highest BCUT2D eigenvalue weighted by molar-refractivity contribution is 6.99. The Labute approximate surface area is 312 Å². The van der Waals surface area contributed by atoms with E-state index >= 15 is 0 Å². The molecule has 2 aliphatic heterocycles. The first-order chi connectivity index (χ1) is 25.9. The monoisotopic (exact) mass is 700 g/mol. The van der Waals surface area contributed by atoms with Crippen LogP contribution in [0.2, 0.25) is 0 Å². The third-order valence-corrected chi connectivity index (χ3v) is 15.4. The van der Waals surface area contributed by atoms with Crippen molar-refractivity contribution in [2.24, 2.45) is 0 Å². The van der Waals surface area contributed by atoms with Crippen LogP contribution in [0.15, 0.2) is 170 Å². The molecule has 8 aromatic rings. The van der Waals surface area contributed by atoms with Gasteiger partial charge in [0.1, 0.15) is 0 Å². The number of benzene rings is 8. The lowest BCUT2D eigenvalue weighted by atomic mass is 10.1. The Hall–Kier alpha value is -6.30. The van der Waals surface area contributed by atoms with Gasteiger partial charge < -0.3 is 18.3 Å². The van der Waals surface area contributed by atoms with Crippen LogP contribution in [0, 0.1) is 27.7 Å². The van der Waals surface area contributed by atoms with Crippen molar-refractivity contribution < 1.29 is 0 Å². The fourth-order valence-electron chi connectivity index (χ4n) is 8.42. The third-order valence-electron chi connectivity index (χ3n) is 11.0. The van der Waals surface area contributed by atoms with E-state index in [0.29, 0.717) is 0 Å². The number of nitrogens with zero attached hydrogens (tertiary/aromatic N) is 4. The van der Waals surface area contributed by atoms with Crippen molar-refractivity contribution in [2.75, 3.05) is 18.3 Å². The van der Waals surface area contributed by atoms with E-state index in [9.17, 15) is 0 Å². The molecule has 8 aromatic carbocycles. The Balaban J connectivity index is 1.42. The van der Waals surface area contributed by atoms with Gasteiger partial charge in [-0.3, -0.25) is 0 Å². The van der Waals surface area contributed by atoms with E-state index < -0.39 is 8.72 Å². The SMILES string of the molecule is Cc1ccc(N2c3cc4ccccc4cc3N(c3ccc(C)cc3)[Si]23N(c2ccc(C)cc2)c2cc4ccccc4cc2N3c2ccc(C)cc2)cc1. The minimum atomic E-state index is -3.49. The fraction of sp³-hybridized carbons (Fsp3) is 0.0833. The van der Waals surface area contributed by atoms with Gasteiger partial charge in [-0.15, -0.1) is 0 Å². The van der Waals surface area contributed by atoms with E-state index in [2.05, 4.69) is 216 Å². The number of rotatable bonds is 4. The molecule has 0 saturated heterocycles. The Kier molecular flexibility index (Phi) is 7.04. The summed E-state index contributed by atoms with van der Waals surface area (Å²) in [7, 11) is -3.49. The van der Waals surface area contributed by atoms with Crippen molar-refractivity contribution in [3.63, 3.8) is 0 Å². The minimum Gasteiger partial charge on any atom is -0.314 e. The van der Waals surface area contributed by atoms with Crippen LogP contribution in [0.25, 0.3) is 21.5 Å². The summed E-state index contributed by atoms with van der Waals surface area (Å²) < 4.78 is 10.9. The second-order valence-corrected chi connectivity index (χ2v) is 17.6. The number of fused-ring (bicyclic) bond motifs is 4. The molecule has 1 spiro atoms. The van der Waals surface area contributed by atoms with Crippen LogP contribution in [-0.2, 0) is 0 Å². The van der Waals surface area contributed by atoms with Crippen molar-refractivity contribution in [1.82, 2.24) is 0 Å². The predicted molar refractivity (Wildman–Crippen MR) is 227 cm³/mol. The van der Waals surface area contributed by atoms with Crippen molar-refractivity contribution in [1.29, 1.82) is 0 Å². The van der Waals surface area contributed by atoms with Gasteiger partial charge >= 0.3 is 8.72 Å². The molecule has 53 heavy (non-hydrogen) atoms. The summed E-state index contributed by atoms with van der Waals surface area (Å²) in [6, 6.07) is 63.9. The molecule has 0 aromatic heterocycles. The number of anilines is 8. The van der Waals surface area contributed by atoms with E-state index in [0.717, 1.165) is 0 Å². The van der Waals surface area contributed by atoms with Crippen LogP contribution in [0.3, 0.4) is 0 Å². The van der Waals surface area contributed by atoms with E-state index in [1.165, 1.54) is 89.3 Å². The number of aryl methyl sites for hydroxylation is 4. The molecule has 256 valence electrons. The van der Waals surface area contributed by atoms with Gasteiger partial charge in [-0.25, -0.2) is 0 Å². The molecule has 0 fully saturated rings. The van der Waals surface area contributed by atoms with Crippen molar-refractivity contribution in [2.45, 2.75) is 27.7 Å². The van der Waals surface area contributed by atoms with Gasteiger partial charge in [-0.2, -0.15) is 0 Å². The maximum atomic E-state index is 2.72. The first-order valence-corrected chi connectivity index (χ1v) is 20.2. The molecule has 10 rings (SSSR count). The van der Waals surface area contributed by atoms with Gasteiger partial charge in [-0.05, 0) is 122 Å². The Morgan fingerprint density at radius 3 is 0.698 bits per heavy atom. The van der Waals surface area contributed by atoms with Crippen LogP contribution in [-0.4, -0.2) is 8.72 Å². The van der Waals surface area contributed by atoms with Crippen LogP contribution < -0.4 is 18.3 Å². The standard InChI is InChI=1S/C48H40N4Si/c1-33-13-21-41(22-14-33)49-45-29-37-9-5-6-10-38(37)30-46(45)50(42-23-15-34(2)16-24-42)53(49)51(43-25-17-35(3)18-26-43)47-31-39-11-7-8-12-40(39)32-48(47)52(53)44-27-19-36(4)20-28-44/h5-32H,1-4H3. The highest BCUT2D eigenvalue weighted by atomic mass is 28.4. The summed E-state index contributed by atoms with van der Waals surface area (Å²) in [5.74, 6) is 0. The molecule has 0 radical (unpaired) electrons. The second-order valence-electron chi connectivity index (χ2n) is 14.7. The minimum absolute atomic E-state index is 1.17. The first kappa shape index (κ1) is 31.4. The maximum absolute atomic E-state index is 3.49. The van der Waals surface area contributed by atoms with Crippen LogP contribution in [0.5, 0.6) is 0 Å². The molecule has 4 nitrogen and oxygen atoms in total. The molecule has 5 heteroatoms. The quantitative estimate of drug-likeness (QED) is 0.169. The van der Waals surface area contributed by atoms with Crippen molar-refractivity contribution in [3.8, 4) is 0 Å². The average molecular weight is 701 g/mol. The topological polar surface area (TPSA) is 13.0 Å². The van der Waals surface area contributed by atoms with Gasteiger partial charge in [-0.1, -0.05) is 119 Å². The fourth-order valence-corrected chi connectivity index (χ4v) is 13.6. The lowest BCUT2D eigenvalue weighted by Gasteiger charge is -2.49. The summed E-state index contributed by atoms with van der Waals surface area (Å²) in [4.78, 5) is 0. The maximum Gasteiger partial charge on any atom is 0.521 e. The van der Waals surface area contributed by atoms with Gasteiger partial charge in [0.05, 0.1) is 22.7 Å². The molecule has 0 atom stereocenters.